The Balaban J connectivity index is 2.61. The number of rotatable bonds is 4. The molecule has 0 atom stereocenters. The molecule has 0 spiro atoms. The van der Waals surface area contributed by atoms with Crippen LogP contribution in [0.15, 0.2) is 17.2 Å². The number of sulfone groups is 1. The van der Waals surface area contributed by atoms with Gasteiger partial charge < -0.3 is 5.73 Å². The van der Waals surface area contributed by atoms with Crippen molar-refractivity contribution in [2.24, 2.45) is 0 Å². The van der Waals surface area contributed by atoms with Crippen molar-refractivity contribution in [3.63, 3.8) is 0 Å². The SMILES string of the molecule is CS(=O)(=O)CCSc1nc(Cl)ccc1N. The lowest BCUT2D eigenvalue weighted by Crippen LogP contribution is -2.05. The second kappa shape index (κ2) is 5.05. The van der Waals surface area contributed by atoms with Crippen LogP contribution in [0.25, 0.3) is 0 Å². The topological polar surface area (TPSA) is 73.0 Å². The highest BCUT2D eigenvalue weighted by atomic mass is 35.5. The molecule has 4 nitrogen and oxygen atoms in total. The summed E-state index contributed by atoms with van der Waals surface area (Å²) in [6.07, 6.45) is 1.20. The summed E-state index contributed by atoms with van der Waals surface area (Å²) >= 11 is 6.98. The molecule has 1 aromatic rings. The fourth-order valence-corrected chi connectivity index (χ4v) is 3.17. The van der Waals surface area contributed by atoms with Gasteiger partial charge >= 0.3 is 0 Å². The van der Waals surface area contributed by atoms with Gasteiger partial charge in [-0.05, 0) is 12.1 Å². The lowest BCUT2D eigenvalue weighted by Gasteiger charge is -2.03. The first kappa shape index (κ1) is 12.6. The molecule has 0 bridgehead atoms. The minimum absolute atomic E-state index is 0.102. The molecule has 1 rings (SSSR count). The average Bonchev–Trinajstić information content (AvgIpc) is 2.09. The normalized spacial score (nSPS) is 11.6. The summed E-state index contributed by atoms with van der Waals surface area (Å²) in [6.45, 7) is 0. The standard InChI is InChI=1S/C8H11ClN2O2S2/c1-15(12,13)5-4-14-8-6(10)2-3-7(9)11-8/h2-3H,4-5,10H2,1H3. The fourth-order valence-electron chi connectivity index (χ4n) is 0.834. The molecule has 0 radical (unpaired) electrons. The van der Waals surface area contributed by atoms with Crippen LogP contribution in [0.5, 0.6) is 0 Å². The molecule has 0 aliphatic heterocycles. The maximum atomic E-state index is 10.9. The van der Waals surface area contributed by atoms with E-state index in [1.807, 2.05) is 0 Å². The molecule has 0 aromatic carbocycles. The van der Waals surface area contributed by atoms with Gasteiger partial charge in [0.15, 0.2) is 0 Å². The third kappa shape index (κ3) is 4.72. The van der Waals surface area contributed by atoms with Crippen LogP contribution in [-0.4, -0.2) is 31.2 Å². The number of hydrogen-bond acceptors (Lipinski definition) is 5. The van der Waals surface area contributed by atoms with E-state index in [4.69, 9.17) is 17.3 Å². The Kier molecular flexibility index (Phi) is 4.24. The average molecular weight is 267 g/mol. The summed E-state index contributed by atoms with van der Waals surface area (Å²) in [7, 11) is -2.94. The monoisotopic (exact) mass is 266 g/mol. The van der Waals surface area contributed by atoms with Gasteiger partial charge in [0.25, 0.3) is 0 Å². The second-order valence-corrected chi connectivity index (χ2v) is 6.74. The van der Waals surface area contributed by atoms with Gasteiger partial charge in [0.2, 0.25) is 0 Å². The molecule has 0 aliphatic carbocycles. The van der Waals surface area contributed by atoms with Crippen molar-refractivity contribution in [1.82, 2.24) is 4.98 Å². The van der Waals surface area contributed by atoms with Crippen molar-refractivity contribution >= 4 is 38.9 Å². The number of nitrogens with two attached hydrogens (primary N) is 1. The van der Waals surface area contributed by atoms with E-state index in [0.717, 1.165) is 0 Å². The van der Waals surface area contributed by atoms with Crippen LogP contribution in [0.1, 0.15) is 0 Å². The van der Waals surface area contributed by atoms with Gasteiger partial charge in [0.05, 0.1) is 11.4 Å². The Morgan fingerprint density at radius 2 is 2.20 bits per heavy atom. The first-order valence-electron chi connectivity index (χ1n) is 4.11. The number of nitrogen functional groups attached to an aromatic ring is 1. The molecule has 1 heterocycles. The lowest BCUT2D eigenvalue weighted by atomic mass is 10.4. The fraction of sp³-hybridized carbons (Fsp3) is 0.375. The number of hydrogen-bond donors (Lipinski definition) is 1. The van der Waals surface area contributed by atoms with Crippen molar-refractivity contribution < 1.29 is 8.42 Å². The molecule has 84 valence electrons. The number of pyridine rings is 1. The second-order valence-electron chi connectivity index (χ2n) is 3.01. The molecule has 7 heteroatoms. The molecule has 2 N–H and O–H groups in total. The minimum Gasteiger partial charge on any atom is -0.397 e. The summed E-state index contributed by atoms with van der Waals surface area (Å²) in [5.74, 6) is 0.529. The molecule has 0 amide bonds. The van der Waals surface area contributed by atoms with E-state index in [1.54, 1.807) is 12.1 Å². The van der Waals surface area contributed by atoms with Gasteiger partial charge in [-0.15, -0.1) is 11.8 Å². The van der Waals surface area contributed by atoms with Gasteiger partial charge in [-0.2, -0.15) is 0 Å². The Labute approximate surface area is 98.1 Å². The number of aromatic nitrogens is 1. The number of nitrogens with zero attached hydrogens (tertiary/aromatic N) is 1. The number of halogens is 1. The quantitative estimate of drug-likeness (QED) is 0.660. The van der Waals surface area contributed by atoms with Crippen LogP contribution in [0.2, 0.25) is 5.15 Å². The Hall–Kier alpha value is -0.460. The number of thioether (sulfide) groups is 1. The maximum absolute atomic E-state index is 10.9. The van der Waals surface area contributed by atoms with Gasteiger partial charge in [-0.25, -0.2) is 13.4 Å². The summed E-state index contributed by atoms with van der Waals surface area (Å²) < 4.78 is 21.8. The molecule has 1 aromatic heterocycles. The summed E-state index contributed by atoms with van der Waals surface area (Å²) in [5.41, 5.74) is 6.16. The molecular weight excluding hydrogens is 256 g/mol. The van der Waals surface area contributed by atoms with E-state index in [2.05, 4.69) is 4.98 Å². The van der Waals surface area contributed by atoms with E-state index >= 15 is 0 Å². The van der Waals surface area contributed by atoms with Gasteiger partial charge in [0, 0.05) is 12.0 Å². The lowest BCUT2D eigenvalue weighted by molar-refractivity contribution is 0.603. The van der Waals surface area contributed by atoms with Crippen molar-refractivity contribution in [3.05, 3.63) is 17.3 Å². The van der Waals surface area contributed by atoms with Gasteiger partial charge in [0.1, 0.15) is 20.0 Å². The van der Waals surface area contributed by atoms with E-state index in [-0.39, 0.29) is 5.75 Å². The zero-order valence-corrected chi connectivity index (χ0v) is 10.5. The van der Waals surface area contributed by atoms with Crippen molar-refractivity contribution in [1.29, 1.82) is 0 Å². The predicted octanol–water partition coefficient (Wildman–Crippen LogP) is 1.45. The first-order chi connectivity index (χ1) is 6.88. The third-order valence-electron chi connectivity index (χ3n) is 1.55. The number of anilines is 1. The maximum Gasteiger partial charge on any atom is 0.148 e. The Bertz CT molecular complexity index is 448. The van der Waals surface area contributed by atoms with E-state index in [9.17, 15) is 8.42 Å². The van der Waals surface area contributed by atoms with Crippen molar-refractivity contribution in [2.45, 2.75) is 5.03 Å². The van der Waals surface area contributed by atoms with Gasteiger partial charge in [-0.3, -0.25) is 0 Å². The van der Waals surface area contributed by atoms with Crippen molar-refractivity contribution in [3.8, 4) is 0 Å². The predicted molar refractivity (Wildman–Crippen MR) is 64.1 cm³/mol. The van der Waals surface area contributed by atoms with E-state index in [0.29, 0.717) is 21.6 Å². The molecule has 0 fully saturated rings. The van der Waals surface area contributed by atoms with Crippen LogP contribution in [0.3, 0.4) is 0 Å². The van der Waals surface area contributed by atoms with Crippen LogP contribution in [-0.2, 0) is 9.84 Å². The largest absolute Gasteiger partial charge is 0.397 e. The van der Waals surface area contributed by atoms with E-state index in [1.165, 1.54) is 18.0 Å². The summed E-state index contributed by atoms with van der Waals surface area (Å²) in [6, 6.07) is 3.25. The zero-order valence-electron chi connectivity index (χ0n) is 8.10. The summed E-state index contributed by atoms with van der Waals surface area (Å²) in [4.78, 5) is 4.00. The Morgan fingerprint density at radius 1 is 1.53 bits per heavy atom. The van der Waals surface area contributed by atoms with Crippen LogP contribution in [0.4, 0.5) is 5.69 Å². The summed E-state index contributed by atoms with van der Waals surface area (Å²) in [5, 5.41) is 0.928. The molecule has 15 heavy (non-hydrogen) atoms. The van der Waals surface area contributed by atoms with E-state index < -0.39 is 9.84 Å². The van der Waals surface area contributed by atoms with Crippen LogP contribution >= 0.6 is 23.4 Å². The minimum atomic E-state index is -2.94. The van der Waals surface area contributed by atoms with Gasteiger partial charge in [-0.1, -0.05) is 11.6 Å². The molecule has 0 saturated carbocycles. The highest BCUT2D eigenvalue weighted by molar-refractivity contribution is 8.00. The van der Waals surface area contributed by atoms with Crippen LogP contribution in [0, 0.1) is 0 Å². The molecular formula is C8H11ClN2O2S2. The zero-order chi connectivity index (χ0) is 11.5. The van der Waals surface area contributed by atoms with Crippen LogP contribution < -0.4 is 5.73 Å². The smallest absolute Gasteiger partial charge is 0.148 e. The molecule has 0 saturated heterocycles. The third-order valence-corrected chi connectivity index (χ3v) is 3.97. The molecule has 0 unspecified atom stereocenters. The Morgan fingerprint density at radius 3 is 2.80 bits per heavy atom. The highest BCUT2D eigenvalue weighted by Gasteiger charge is 2.06. The highest BCUT2D eigenvalue weighted by Crippen LogP contribution is 2.24. The molecule has 0 aliphatic rings. The van der Waals surface area contributed by atoms with Crippen molar-refractivity contribution in [2.75, 3.05) is 23.5 Å². The first-order valence-corrected chi connectivity index (χ1v) is 7.53.